The molecule has 0 spiro atoms. The minimum Gasteiger partial charge on any atom is -0.455 e. The molecule has 1 atom stereocenters. The molecule has 1 unspecified atom stereocenters. The monoisotopic (exact) mass is 561 g/mol. The van der Waals surface area contributed by atoms with Crippen LogP contribution in [0.4, 0.5) is 10.1 Å². The molecule has 1 saturated heterocycles. The van der Waals surface area contributed by atoms with E-state index in [1.807, 2.05) is 30.3 Å². The van der Waals surface area contributed by atoms with Gasteiger partial charge in [-0.05, 0) is 60.9 Å². The molecule has 0 bridgehead atoms. The van der Waals surface area contributed by atoms with Gasteiger partial charge in [0, 0.05) is 74.3 Å². The van der Waals surface area contributed by atoms with Gasteiger partial charge in [-0.3, -0.25) is 9.59 Å². The number of halogens is 1. The first-order valence-corrected chi connectivity index (χ1v) is 14.2. The van der Waals surface area contributed by atoms with Gasteiger partial charge in [0.15, 0.2) is 0 Å². The first-order valence-electron chi connectivity index (χ1n) is 13.1. The van der Waals surface area contributed by atoms with Gasteiger partial charge in [-0.2, -0.15) is 0 Å². The molecule has 5 rings (SSSR count). The number of piperidine rings is 1. The fourth-order valence-electron chi connectivity index (χ4n) is 5.31. The van der Waals surface area contributed by atoms with E-state index in [2.05, 4.69) is 14.9 Å². The number of nitrogens with two attached hydrogens (primary N) is 1. The number of nitrogens with zero attached hydrogens (tertiary/aromatic N) is 2. The number of allylic oxidation sites excluding steroid dienone is 1. The van der Waals surface area contributed by atoms with Crippen LogP contribution in [0, 0.1) is 5.82 Å². The molecule has 8 nitrogen and oxygen atoms in total. The Morgan fingerprint density at radius 3 is 2.75 bits per heavy atom. The molecule has 10 heteroatoms. The van der Waals surface area contributed by atoms with Gasteiger partial charge in [-0.25, -0.2) is 4.39 Å². The first kappa shape index (κ1) is 27.4. The van der Waals surface area contributed by atoms with Crippen molar-refractivity contribution in [3.8, 4) is 11.3 Å². The third-order valence-corrected chi connectivity index (χ3v) is 8.15. The Bertz CT molecular complexity index is 1540. The second-order valence-corrected chi connectivity index (χ2v) is 10.7. The van der Waals surface area contributed by atoms with Crippen molar-refractivity contribution in [1.82, 2.24) is 15.5 Å². The predicted molar refractivity (Wildman–Crippen MR) is 158 cm³/mol. The number of nitrogens with one attached hydrogen (secondary N) is 2. The normalized spacial score (nSPS) is 18.0. The SMILES string of the molecule is CNC(=O)c1c(-c2ccc(F)cc2)oc2cc(N(C)SC)c(C3CCCN(C(=O)C4=C/C(=C/N)NC=C4)C3)cc12. The molecule has 1 aromatic heterocycles. The Morgan fingerprint density at radius 2 is 2.05 bits per heavy atom. The number of hydrogen-bond acceptors (Lipinski definition) is 7. The fraction of sp³-hybridized carbons (Fsp3) is 0.267. The molecule has 2 aliphatic heterocycles. The van der Waals surface area contributed by atoms with Crippen LogP contribution in [0.15, 0.2) is 76.6 Å². The van der Waals surface area contributed by atoms with Crippen molar-refractivity contribution in [3.63, 3.8) is 0 Å². The highest BCUT2D eigenvalue weighted by molar-refractivity contribution is 7.99. The molecule has 2 aromatic carbocycles. The maximum atomic E-state index is 13.7. The number of anilines is 1. The van der Waals surface area contributed by atoms with Crippen molar-refractivity contribution in [2.45, 2.75) is 18.8 Å². The van der Waals surface area contributed by atoms with Crippen LogP contribution in [0.25, 0.3) is 22.3 Å². The standard InChI is InChI=1S/C30H32FN5O3S/c1-33-29(37)27-24-14-23(20-5-4-12-36(17-20)30(38)19-10-11-34-22(13-19)16-32)25(35(2)40-3)15-26(24)39-28(27)18-6-8-21(31)9-7-18/h6-11,13-16,20,34H,4-5,12,17,32H2,1-3H3,(H,33,37)/b22-16-. The smallest absolute Gasteiger partial charge is 0.255 e. The number of fused-ring (bicyclic) bond motifs is 1. The van der Waals surface area contributed by atoms with E-state index in [0.29, 0.717) is 52.2 Å². The molecular formula is C30H32FN5O3S. The van der Waals surface area contributed by atoms with E-state index < -0.39 is 0 Å². The molecule has 2 amide bonds. The first-order chi connectivity index (χ1) is 19.3. The summed E-state index contributed by atoms with van der Waals surface area (Å²) in [6.07, 6.45) is 10.4. The van der Waals surface area contributed by atoms with Crippen LogP contribution >= 0.6 is 11.9 Å². The average Bonchev–Trinajstić information content (AvgIpc) is 3.38. The number of furan rings is 1. The Hall–Kier alpha value is -4.18. The molecule has 0 saturated carbocycles. The number of benzene rings is 2. The summed E-state index contributed by atoms with van der Waals surface area (Å²) < 4.78 is 22.0. The Balaban J connectivity index is 1.59. The van der Waals surface area contributed by atoms with Crippen molar-refractivity contribution in [3.05, 3.63) is 89.2 Å². The molecule has 3 aromatic rings. The highest BCUT2D eigenvalue weighted by atomic mass is 32.2. The van der Waals surface area contributed by atoms with E-state index in [0.717, 1.165) is 24.1 Å². The Labute approximate surface area is 236 Å². The topological polar surface area (TPSA) is 104 Å². The van der Waals surface area contributed by atoms with Crippen molar-refractivity contribution in [2.75, 3.05) is 37.7 Å². The molecule has 40 heavy (non-hydrogen) atoms. The van der Waals surface area contributed by atoms with Crippen molar-refractivity contribution >= 4 is 40.4 Å². The summed E-state index contributed by atoms with van der Waals surface area (Å²) in [5.41, 5.74) is 10.5. The van der Waals surface area contributed by atoms with Crippen LogP contribution in [0.1, 0.15) is 34.7 Å². The van der Waals surface area contributed by atoms with E-state index in [1.54, 1.807) is 49.5 Å². The van der Waals surface area contributed by atoms with Gasteiger partial charge in [0.25, 0.3) is 11.8 Å². The lowest BCUT2D eigenvalue weighted by Gasteiger charge is -2.35. The second-order valence-electron chi connectivity index (χ2n) is 9.77. The number of rotatable bonds is 6. The lowest BCUT2D eigenvalue weighted by molar-refractivity contribution is -0.128. The lowest BCUT2D eigenvalue weighted by Crippen LogP contribution is -2.40. The molecule has 208 valence electrons. The van der Waals surface area contributed by atoms with Crippen LogP contribution in [0.2, 0.25) is 0 Å². The zero-order valence-electron chi connectivity index (χ0n) is 22.7. The number of carbonyl (C=O) groups excluding carboxylic acids is 2. The molecule has 2 aliphatic rings. The Morgan fingerprint density at radius 1 is 1.27 bits per heavy atom. The van der Waals surface area contributed by atoms with E-state index >= 15 is 0 Å². The van der Waals surface area contributed by atoms with Crippen molar-refractivity contribution in [2.24, 2.45) is 5.73 Å². The van der Waals surface area contributed by atoms with Crippen molar-refractivity contribution in [1.29, 1.82) is 0 Å². The van der Waals surface area contributed by atoms with Gasteiger partial charge in [0.05, 0.1) is 16.9 Å². The van der Waals surface area contributed by atoms with Crippen LogP contribution in [-0.4, -0.2) is 50.2 Å². The van der Waals surface area contributed by atoms with E-state index in [4.69, 9.17) is 10.2 Å². The van der Waals surface area contributed by atoms with Crippen LogP contribution < -0.4 is 20.7 Å². The second kappa shape index (κ2) is 11.5. The number of hydrogen-bond donors (Lipinski definition) is 3. The summed E-state index contributed by atoms with van der Waals surface area (Å²) in [5, 5.41) is 6.41. The lowest BCUT2D eigenvalue weighted by atomic mass is 9.87. The highest BCUT2D eigenvalue weighted by Crippen LogP contribution is 2.42. The van der Waals surface area contributed by atoms with Crippen LogP contribution in [-0.2, 0) is 4.79 Å². The zero-order chi connectivity index (χ0) is 28.4. The van der Waals surface area contributed by atoms with Crippen LogP contribution in [0.3, 0.4) is 0 Å². The van der Waals surface area contributed by atoms with Crippen LogP contribution in [0.5, 0.6) is 0 Å². The molecule has 4 N–H and O–H groups in total. The summed E-state index contributed by atoms with van der Waals surface area (Å²) in [7, 11) is 3.56. The maximum absolute atomic E-state index is 13.7. The quantitative estimate of drug-likeness (QED) is 0.369. The summed E-state index contributed by atoms with van der Waals surface area (Å²) in [5.74, 6) is -0.267. The number of amides is 2. The fourth-order valence-corrected chi connectivity index (χ4v) is 5.67. The van der Waals surface area contributed by atoms with Gasteiger partial charge in [-0.1, -0.05) is 11.9 Å². The van der Waals surface area contributed by atoms with Gasteiger partial charge in [0.1, 0.15) is 17.2 Å². The molecule has 1 fully saturated rings. The number of dihydropyridines is 1. The largest absolute Gasteiger partial charge is 0.455 e. The minimum absolute atomic E-state index is 0.0456. The molecule has 3 heterocycles. The van der Waals surface area contributed by atoms with Gasteiger partial charge in [0.2, 0.25) is 0 Å². The van der Waals surface area contributed by atoms with Crippen molar-refractivity contribution < 1.29 is 18.4 Å². The maximum Gasteiger partial charge on any atom is 0.255 e. The predicted octanol–water partition coefficient (Wildman–Crippen LogP) is 4.86. The minimum atomic E-state index is -0.366. The summed E-state index contributed by atoms with van der Waals surface area (Å²) in [6, 6.07) is 9.89. The zero-order valence-corrected chi connectivity index (χ0v) is 23.5. The van der Waals surface area contributed by atoms with Gasteiger partial charge >= 0.3 is 0 Å². The van der Waals surface area contributed by atoms with E-state index in [1.165, 1.54) is 18.3 Å². The highest BCUT2D eigenvalue weighted by Gasteiger charge is 2.31. The molecular weight excluding hydrogens is 529 g/mol. The van der Waals surface area contributed by atoms with E-state index in [-0.39, 0.29) is 23.5 Å². The summed E-state index contributed by atoms with van der Waals surface area (Å²) in [6.45, 7) is 1.20. The summed E-state index contributed by atoms with van der Waals surface area (Å²) in [4.78, 5) is 28.5. The number of likely N-dealkylation sites (tertiary alicyclic amines) is 1. The summed E-state index contributed by atoms with van der Waals surface area (Å²) >= 11 is 1.56. The number of carbonyl (C=O) groups is 2. The molecule has 0 radical (unpaired) electrons. The average molecular weight is 562 g/mol. The molecule has 0 aliphatic carbocycles. The van der Waals surface area contributed by atoms with Gasteiger partial charge in [-0.15, -0.1) is 0 Å². The third kappa shape index (κ3) is 5.19. The van der Waals surface area contributed by atoms with E-state index in [9.17, 15) is 14.0 Å². The third-order valence-electron chi connectivity index (χ3n) is 7.41. The van der Waals surface area contributed by atoms with Gasteiger partial charge < -0.3 is 30.0 Å². The Kier molecular flexibility index (Phi) is 7.88.